The molecule has 0 saturated carbocycles. The summed E-state index contributed by atoms with van der Waals surface area (Å²) in [5.74, 6) is -0.0302. The van der Waals surface area contributed by atoms with Gasteiger partial charge in [0.25, 0.3) is 0 Å². The molecule has 1 unspecified atom stereocenters. The van der Waals surface area contributed by atoms with Crippen molar-refractivity contribution in [3.63, 3.8) is 0 Å². The van der Waals surface area contributed by atoms with E-state index < -0.39 is 16.1 Å². The molecule has 172 valence electrons. The molecular formula is C23H35N3O4S. The van der Waals surface area contributed by atoms with E-state index in [0.29, 0.717) is 37.4 Å². The Kier molecular flexibility index (Phi) is 7.11. The van der Waals surface area contributed by atoms with E-state index in [4.69, 9.17) is 0 Å². The Hall–Kier alpha value is -1.93. The molecule has 0 radical (unpaired) electrons. The first-order valence-corrected chi connectivity index (χ1v) is 12.7. The largest absolute Gasteiger partial charge is 0.338 e. The molecule has 3 rings (SSSR count). The van der Waals surface area contributed by atoms with Gasteiger partial charge in [-0.05, 0) is 69.2 Å². The number of sulfonamides is 1. The van der Waals surface area contributed by atoms with Crippen LogP contribution < -0.4 is 0 Å². The highest BCUT2D eigenvalue weighted by Crippen LogP contribution is 2.29. The molecule has 0 aliphatic carbocycles. The van der Waals surface area contributed by atoms with Crippen molar-refractivity contribution in [3.05, 3.63) is 28.3 Å². The Balaban J connectivity index is 1.75. The van der Waals surface area contributed by atoms with Gasteiger partial charge < -0.3 is 9.80 Å². The number of nitrogens with zero attached hydrogens (tertiary/aromatic N) is 3. The minimum Gasteiger partial charge on any atom is -0.338 e. The molecule has 1 aromatic rings. The highest BCUT2D eigenvalue weighted by atomic mass is 32.2. The van der Waals surface area contributed by atoms with E-state index in [2.05, 4.69) is 0 Å². The molecule has 2 aliphatic heterocycles. The highest BCUT2D eigenvalue weighted by molar-refractivity contribution is 7.89. The number of aryl methyl sites for hydroxylation is 2. The molecule has 1 aromatic carbocycles. The molecule has 1 atom stereocenters. The number of piperazine rings is 1. The predicted molar refractivity (Wildman–Crippen MR) is 120 cm³/mol. The third kappa shape index (κ3) is 4.51. The lowest BCUT2D eigenvalue weighted by molar-refractivity contribution is -0.148. The molecule has 2 saturated heterocycles. The fourth-order valence-electron chi connectivity index (χ4n) is 4.75. The standard InChI is InChI=1S/C23H35N3O4S/c1-6-21(27)26-10-8-7-9-20(26)23(28)24-11-13-25(14-12-24)31(29,30)22-18(4)16(2)15-17(3)19(22)5/h15,20H,6-14H2,1-5H3. The summed E-state index contributed by atoms with van der Waals surface area (Å²) in [5.41, 5.74) is 3.51. The number of hydrogen-bond acceptors (Lipinski definition) is 4. The lowest BCUT2D eigenvalue weighted by Crippen LogP contribution is -2.57. The number of carbonyl (C=O) groups excluding carboxylic acids is 2. The lowest BCUT2D eigenvalue weighted by Gasteiger charge is -2.40. The van der Waals surface area contributed by atoms with E-state index in [1.807, 2.05) is 40.7 Å². The number of likely N-dealkylation sites (tertiary alicyclic amines) is 1. The Bertz CT molecular complexity index is 939. The van der Waals surface area contributed by atoms with E-state index in [-0.39, 0.29) is 24.9 Å². The normalized spacial score (nSPS) is 20.7. The molecule has 0 N–H and O–H groups in total. The van der Waals surface area contributed by atoms with Crippen LogP contribution in [0.15, 0.2) is 11.0 Å². The number of hydrogen-bond donors (Lipinski definition) is 0. The van der Waals surface area contributed by atoms with Gasteiger partial charge in [-0.25, -0.2) is 8.42 Å². The number of rotatable bonds is 4. The van der Waals surface area contributed by atoms with Crippen LogP contribution in [0.4, 0.5) is 0 Å². The smallest absolute Gasteiger partial charge is 0.245 e. The topological polar surface area (TPSA) is 78.0 Å². The van der Waals surface area contributed by atoms with Crippen LogP contribution >= 0.6 is 0 Å². The second-order valence-corrected chi connectivity index (χ2v) is 10.6. The van der Waals surface area contributed by atoms with E-state index in [1.54, 1.807) is 9.80 Å². The van der Waals surface area contributed by atoms with Crippen molar-refractivity contribution in [1.82, 2.24) is 14.1 Å². The van der Waals surface area contributed by atoms with Crippen LogP contribution in [0.25, 0.3) is 0 Å². The number of piperidine rings is 1. The van der Waals surface area contributed by atoms with E-state index in [1.165, 1.54) is 4.31 Å². The fraction of sp³-hybridized carbons (Fsp3) is 0.652. The van der Waals surface area contributed by atoms with Crippen molar-refractivity contribution in [2.75, 3.05) is 32.7 Å². The molecule has 2 aliphatic rings. The number of benzene rings is 1. The van der Waals surface area contributed by atoms with Gasteiger partial charge in [-0.1, -0.05) is 13.0 Å². The SMILES string of the molecule is CCC(=O)N1CCCCC1C(=O)N1CCN(S(=O)(=O)c2c(C)c(C)cc(C)c2C)CC1. The Labute approximate surface area is 186 Å². The number of amides is 2. The average Bonchev–Trinajstić information content (AvgIpc) is 2.76. The second kappa shape index (κ2) is 9.28. The summed E-state index contributed by atoms with van der Waals surface area (Å²) in [6, 6.07) is 1.61. The van der Waals surface area contributed by atoms with Gasteiger partial charge in [0.05, 0.1) is 4.90 Å². The van der Waals surface area contributed by atoms with Gasteiger partial charge in [0.15, 0.2) is 0 Å². The minimum atomic E-state index is -3.64. The maximum absolute atomic E-state index is 13.5. The summed E-state index contributed by atoms with van der Waals surface area (Å²) in [4.78, 5) is 29.3. The Morgan fingerprint density at radius 3 is 2.06 bits per heavy atom. The van der Waals surface area contributed by atoms with Crippen molar-refractivity contribution in [2.45, 2.75) is 71.2 Å². The molecule has 0 aromatic heterocycles. The van der Waals surface area contributed by atoms with E-state index >= 15 is 0 Å². The molecule has 31 heavy (non-hydrogen) atoms. The zero-order chi connectivity index (χ0) is 22.9. The predicted octanol–water partition coefficient (Wildman–Crippen LogP) is 2.54. The van der Waals surface area contributed by atoms with Crippen LogP contribution in [0, 0.1) is 27.7 Å². The summed E-state index contributed by atoms with van der Waals surface area (Å²) in [6.07, 6.45) is 2.94. The van der Waals surface area contributed by atoms with Crippen LogP contribution in [0.5, 0.6) is 0 Å². The van der Waals surface area contributed by atoms with Gasteiger partial charge >= 0.3 is 0 Å². The number of carbonyl (C=O) groups is 2. The average molecular weight is 450 g/mol. The first kappa shape index (κ1) is 23.7. The van der Waals surface area contributed by atoms with Gasteiger partial charge in [0.2, 0.25) is 21.8 Å². The first-order valence-electron chi connectivity index (χ1n) is 11.2. The third-order valence-electron chi connectivity index (χ3n) is 6.86. The molecule has 2 heterocycles. The van der Waals surface area contributed by atoms with Crippen molar-refractivity contribution in [3.8, 4) is 0 Å². The molecule has 7 nitrogen and oxygen atoms in total. The Morgan fingerprint density at radius 1 is 0.935 bits per heavy atom. The maximum atomic E-state index is 13.5. The lowest BCUT2D eigenvalue weighted by atomic mass is 10.00. The highest BCUT2D eigenvalue weighted by Gasteiger charge is 2.37. The van der Waals surface area contributed by atoms with Crippen molar-refractivity contribution >= 4 is 21.8 Å². The van der Waals surface area contributed by atoms with E-state index in [0.717, 1.165) is 35.1 Å². The van der Waals surface area contributed by atoms with Crippen molar-refractivity contribution in [2.24, 2.45) is 0 Å². The van der Waals surface area contributed by atoms with Crippen molar-refractivity contribution in [1.29, 1.82) is 0 Å². The molecule has 0 spiro atoms. The summed E-state index contributed by atoms with van der Waals surface area (Å²) >= 11 is 0. The van der Waals surface area contributed by atoms with Gasteiger partial charge in [-0.3, -0.25) is 9.59 Å². The van der Waals surface area contributed by atoms with Crippen LogP contribution in [0.3, 0.4) is 0 Å². The summed E-state index contributed by atoms with van der Waals surface area (Å²) < 4.78 is 28.4. The third-order valence-corrected chi connectivity index (χ3v) is 9.03. The van der Waals surface area contributed by atoms with Crippen LogP contribution in [-0.2, 0) is 19.6 Å². The van der Waals surface area contributed by atoms with Gasteiger partial charge in [0.1, 0.15) is 6.04 Å². The second-order valence-electron chi connectivity index (χ2n) is 8.77. The van der Waals surface area contributed by atoms with E-state index in [9.17, 15) is 18.0 Å². The molecular weight excluding hydrogens is 414 g/mol. The quantitative estimate of drug-likeness (QED) is 0.708. The van der Waals surface area contributed by atoms with Crippen molar-refractivity contribution < 1.29 is 18.0 Å². The summed E-state index contributed by atoms with van der Waals surface area (Å²) in [5, 5.41) is 0. The Morgan fingerprint density at radius 2 is 1.52 bits per heavy atom. The summed E-state index contributed by atoms with van der Waals surface area (Å²) in [7, 11) is -3.64. The minimum absolute atomic E-state index is 0.0139. The van der Waals surface area contributed by atoms with Crippen LogP contribution in [0.2, 0.25) is 0 Å². The maximum Gasteiger partial charge on any atom is 0.245 e. The zero-order valence-corrected chi connectivity index (χ0v) is 20.2. The zero-order valence-electron chi connectivity index (χ0n) is 19.4. The summed E-state index contributed by atoms with van der Waals surface area (Å²) in [6.45, 7) is 11.3. The first-order chi connectivity index (χ1) is 14.6. The van der Waals surface area contributed by atoms with Gasteiger partial charge in [-0.15, -0.1) is 0 Å². The van der Waals surface area contributed by atoms with Crippen LogP contribution in [0.1, 0.15) is 54.9 Å². The molecule has 0 bridgehead atoms. The van der Waals surface area contributed by atoms with Gasteiger partial charge in [-0.2, -0.15) is 4.31 Å². The van der Waals surface area contributed by atoms with Gasteiger partial charge in [0, 0.05) is 39.1 Å². The van der Waals surface area contributed by atoms with Crippen LogP contribution in [-0.4, -0.2) is 73.1 Å². The molecule has 8 heteroatoms. The molecule has 2 amide bonds. The molecule has 2 fully saturated rings. The fourth-order valence-corrected chi connectivity index (χ4v) is 6.74. The monoisotopic (exact) mass is 449 g/mol.